The van der Waals surface area contributed by atoms with Gasteiger partial charge in [-0.3, -0.25) is 0 Å². The highest BCUT2D eigenvalue weighted by Crippen LogP contribution is 2.43. The van der Waals surface area contributed by atoms with Crippen LogP contribution in [0.1, 0.15) is 11.1 Å². The second-order valence-electron chi connectivity index (χ2n) is 7.47. The van der Waals surface area contributed by atoms with Gasteiger partial charge in [0.2, 0.25) is 0 Å². The lowest BCUT2D eigenvalue weighted by Gasteiger charge is -2.20. The molecule has 2 aromatic carbocycles. The van der Waals surface area contributed by atoms with Crippen molar-refractivity contribution >= 4 is 34.9 Å². The highest BCUT2D eigenvalue weighted by Gasteiger charge is 2.28. The van der Waals surface area contributed by atoms with Crippen molar-refractivity contribution in [3.8, 4) is 11.3 Å². The van der Waals surface area contributed by atoms with Crippen LogP contribution in [0.25, 0.3) is 22.2 Å². The Labute approximate surface area is 141 Å². The van der Waals surface area contributed by atoms with E-state index in [0.29, 0.717) is 0 Å². The molecule has 0 unspecified atom stereocenters. The molecule has 0 bridgehead atoms. The van der Waals surface area contributed by atoms with Gasteiger partial charge in [0.15, 0.2) is 0 Å². The molecule has 1 heterocycles. The molecule has 3 heteroatoms. The molecule has 4 rings (SSSR count). The Bertz CT molecular complexity index is 886. The van der Waals surface area contributed by atoms with Crippen LogP contribution in [0.3, 0.4) is 0 Å². The first-order chi connectivity index (χ1) is 10.4. The minimum Gasteiger partial charge on any atom is -0.343 e. The predicted octanol–water partition coefficient (Wildman–Crippen LogP) is 5.85. The van der Waals surface area contributed by atoms with Gasteiger partial charge in [0.25, 0.3) is 0 Å². The molecule has 0 radical (unpaired) electrons. The Kier molecular flexibility index (Phi) is 3.14. The van der Waals surface area contributed by atoms with E-state index in [2.05, 4.69) is 82.6 Å². The number of fused-ring (bicyclic) bond motifs is 5. The average molecular weight is 370 g/mol. The van der Waals surface area contributed by atoms with E-state index >= 15 is 0 Å². The summed E-state index contributed by atoms with van der Waals surface area (Å²) in [6.07, 6.45) is 2.24. The summed E-state index contributed by atoms with van der Waals surface area (Å²) in [7, 11) is -1.21. The van der Waals surface area contributed by atoms with Crippen molar-refractivity contribution in [2.75, 3.05) is 0 Å². The van der Waals surface area contributed by atoms with E-state index < -0.39 is 8.07 Å². The van der Waals surface area contributed by atoms with Crippen LogP contribution in [0.15, 0.2) is 46.9 Å². The monoisotopic (exact) mass is 369 g/mol. The maximum Gasteiger partial charge on any atom is 0.0671 e. The first kappa shape index (κ1) is 14.3. The molecule has 1 aliphatic rings. The van der Waals surface area contributed by atoms with Crippen molar-refractivity contribution in [2.24, 2.45) is 0 Å². The minimum atomic E-state index is -1.21. The highest BCUT2D eigenvalue weighted by atomic mass is 79.9. The van der Waals surface area contributed by atoms with Gasteiger partial charge in [-0.05, 0) is 29.3 Å². The zero-order valence-corrected chi connectivity index (χ0v) is 15.9. The summed E-state index contributed by atoms with van der Waals surface area (Å²) in [5, 5.41) is 1.42. The lowest BCUT2D eigenvalue weighted by atomic mass is 10.1. The van der Waals surface area contributed by atoms with Crippen LogP contribution < -0.4 is 0 Å². The zero-order valence-electron chi connectivity index (χ0n) is 13.3. The minimum absolute atomic E-state index is 1.07. The van der Waals surface area contributed by atoms with Crippen molar-refractivity contribution in [1.29, 1.82) is 0 Å². The summed E-state index contributed by atoms with van der Waals surface area (Å²) >= 11 is 3.65. The molecule has 1 aliphatic carbocycles. The number of hydrogen-bond acceptors (Lipinski definition) is 0. The van der Waals surface area contributed by atoms with E-state index in [1.165, 1.54) is 43.9 Å². The Balaban J connectivity index is 2.06. The van der Waals surface area contributed by atoms with E-state index in [1.54, 1.807) is 0 Å². The van der Waals surface area contributed by atoms with Crippen molar-refractivity contribution in [3.05, 3.63) is 58.1 Å². The van der Waals surface area contributed by atoms with E-state index in [1.807, 2.05) is 0 Å². The van der Waals surface area contributed by atoms with Crippen molar-refractivity contribution < 1.29 is 0 Å². The molecule has 0 atom stereocenters. The van der Waals surface area contributed by atoms with Crippen LogP contribution >= 0.6 is 15.9 Å². The molecule has 1 nitrogen and oxygen atoms in total. The molecule has 1 aromatic heterocycles. The molecule has 0 saturated carbocycles. The molecule has 0 N–H and O–H groups in total. The molecule has 112 valence electrons. The van der Waals surface area contributed by atoms with Gasteiger partial charge in [-0.25, -0.2) is 0 Å². The number of nitrogens with zero attached hydrogens (tertiary/aromatic N) is 1. The summed E-state index contributed by atoms with van der Waals surface area (Å²) < 4.78 is 3.76. The second kappa shape index (κ2) is 4.84. The molecule has 0 saturated heterocycles. The third-order valence-corrected chi connectivity index (χ3v) is 6.16. The number of rotatable bonds is 2. The molecular formula is C19H20BrNSi. The van der Waals surface area contributed by atoms with E-state index in [9.17, 15) is 0 Å². The topological polar surface area (TPSA) is 4.93 Å². The van der Waals surface area contributed by atoms with Gasteiger partial charge in [0, 0.05) is 33.5 Å². The first-order valence-electron chi connectivity index (χ1n) is 7.83. The van der Waals surface area contributed by atoms with Gasteiger partial charge in [0.1, 0.15) is 0 Å². The summed E-state index contributed by atoms with van der Waals surface area (Å²) in [5.41, 5.74) is 7.27. The van der Waals surface area contributed by atoms with Gasteiger partial charge in [-0.15, -0.1) is 0 Å². The first-order valence-corrected chi connectivity index (χ1v) is 12.3. The van der Waals surface area contributed by atoms with Gasteiger partial charge in [0.05, 0.1) is 13.8 Å². The maximum absolute atomic E-state index is 3.65. The number of aromatic nitrogens is 1. The van der Waals surface area contributed by atoms with Crippen LogP contribution in [0.5, 0.6) is 0 Å². The SMILES string of the molecule is C[Si](C)(C)Cn1c2c(c3cc(Br)ccc31)Cc1ccccc1-2. The number of halogens is 1. The van der Waals surface area contributed by atoms with Gasteiger partial charge >= 0.3 is 0 Å². The number of benzene rings is 2. The summed E-state index contributed by atoms with van der Waals surface area (Å²) in [6, 6.07) is 15.6. The molecule has 0 spiro atoms. The molecule has 3 aromatic rings. The third-order valence-electron chi connectivity index (χ3n) is 4.40. The summed E-state index contributed by atoms with van der Waals surface area (Å²) in [6.45, 7) is 7.35. The van der Waals surface area contributed by atoms with Crippen molar-refractivity contribution in [2.45, 2.75) is 32.2 Å². The van der Waals surface area contributed by atoms with Crippen molar-refractivity contribution in [1.82, 2.24) is 4.57 Å². The highest BCUT2D eigenvalue weighted by molar-refractivity contribution is 9.10. The van der Waals surface area contributed by atoms with Crippen molar-refractivity contribution in [3.63, 3.8) is 0 Å². The van der Waals surface area contributed by atoms with Crippen LogP contribution in [-0.4, -0.2) is 12.6 Å². The van der Waals surface area contributed by atoms with Crippen LogP contribution in [0.2, 0.25) is 19.6 Å². The standard InChI is InChI=1S/C19H20BrNSi/c1-22(2,3)12-21-18-9-8-14(20)11-16(18)17-10-13-6-4-5-7-15(13)19(17)21/h4-9,11H,10,12H2,1-3H3. The second-order valence-corrected chi connectivity index (χ2v) is 13.8. The van der Waals surface area contributed by atoms with Crippen LogP contribution in [-0.2, 0) is 12.6 Å². The quantitative estimate of drug-likeness (QED) is 0.390. The normalized spacial score (nSPS) is 13.5. The molecular weight excluding hydrogens is 350 g/mol. The Hall–Kier alpha value is -1.32. The maximum atomic E-state index is 3.65. The van der Waals surface area contributed by atoms with Gasteiger partial charge in [-0.1, -0.05) is 59.8 Å². The number of hydrogen-bond donors (Lipinski definition) is 0. The zero-order chi connectivity index (χ0) is 15.5. The Morgan fingerprint density at radius 2 is 1.86 bits per heavy atom. The third kappa shape index (κ3) is 2.19. The summed E-state index contributed by atoms with van der Waals surface area (Å²) in [4.78, 5) is 0. The Morgan fingerprint density at radius 1 is 1.09 bits per heavy atom. The molecule has 22 heavy (non-hydrogen) atoms. The fourth-order valence-electron chi connectivity index (χ4n) is 3.62. The lowest BCUT2D eigenvalue weighted by molar-refractivity contribution is 0.906. The molecule has 0 amide bonds. The van der Waals surface area contributed by atoms with E-state index in [0.717, 1.165) is 6.42 Å². The fourth-order valence-corrected chi connectivity index (χ4v) is 5.26. The van der Waals surface area contributed by atoms with Crippen LogP contribution in [0, 0.1) is 0 Å². The molecule has 0 aliphatic heterocycles. The average Bonchev–Trinajstić information content (AvgIpc) is 2.94. The van der Waals surface area contributed by atoms with E-state index in [4.69, 9.17) is 0 Å². The summed E-state index contributed by atoms with van der Waals surface area (Å²) in [5.74, 6) is 0. The lowest BCUT2D eigenvalue weighted by Crippen LogP contribution is -2.28. The smallest absolute Gasteiger partial charge is 0.0671 e. The predicted molar refractivity (Wildman–Crippen MR) is 101 cm³/mol. The fraction of sp³-hybridized carbons (Fsp3) is 0.263. The van der Waals surface area contributed by atoms with E-state index in [-0.39, 0.29) is 0 Å². The Morgan fingerprint density at radius 3 is 2.64 bits per heavy atom. The van der Waals surface area contributed by atoms with Crippen LogP contribution in [0.4, 0.5) is 0 Å². The van der Waals surface area contributed by atoms with Gasteiger partial charge < -0.3 is 4.57 Å². The largest absolute Gasteiger partial charge is 0.343 e. The molecule has 0 fully saturated rings. The van der Waals surface area contributed by atoms with Gasteiger partial charge in [-0.2, -0.15) is 0 Å².